The summed E-state index contributed by atoms with van der Waals surface area (Å²) in [6, 6.07) is 7.80. The molecular formula is C17H21BO4. The number of aliphatic hydroxyl groups excluding tert-OH is 1. The van der Waals surface area contributed by atoms with Crippen LogP contribution >= 0.6 is 0 Å². The second-order valence-electron chi connectivity index (χ2n) is 6.65. The zero-order chi connectivity index (χ0) is 16.0. The number of hydrogen-bond acceptors (Lipinski definition) is 4. The van der Waals surface area contributed by atoms with Crippen molar-refractivity contribution in [3.63, 3.8) is 0 Å². The third kappa shape index (κ3) is 2.49. The lowest BCUT2D eigenvalue weighted by atomic mass is 9.77. The largest absolute Gasteiger partial charge is 0.492 e. The van der Waals surface area contributed by atoms with Crippen molar-refractivity contribution in [2.45, 2.75) is 38.9 Å². The quantitative estimate of drug-likeness (QED) is 0.882. The number of rotatable bonds is 3. The molecule has 1 aliphatic rings. The van der Waals surface area contributed by atoms with Gasteiger partial charge in [-0.25, -0.2) is 0 Å². The Labute approximate surface area is 130 Å². The fourth-order valence-electron chi connectivity index (χ4n) is 2.49. The summed E-state index contributed by atoms with van der Waals surface area (Å²) < 4.78 is 17.5. The molecular weight excluding hydrogens is 279 g/mol. The Bertz CT molecular complexity index is 698. The Kier molecular flexibility index (Phi) is 3.67. The number of aliphatic hydroxyl groups is 1. The van der Waals surface area contributed by atoms with E-state index < -0.39 is 18.3 Å². The second kappa shape index (κ2) is 5.27. The monoisotopic (exact) mass is 300 g/mol. The van der Waals surface area contributed by atoms with Crippen LogP contribution in [0.3, 0.4) is 0 Å². The van der Waals surface area contributed by atoms with Crippen LogP contribution in [0.1, 0.15) is 33.3 Å². The van der Waals surface area contributed by atoms with Gasteiger partial charge in [0.25, 0.3) is 0 Å². The van der Waals surface area contributed by atoms with Crippen molar-refractivity contribution in [1.29, 1.82) is 0 Å². The van der Waals surface area contributed by atoms with Crippen molar-refractivity contribution in [3.8, 4) is 0 Å². The van der Waals surface area contributed by atoms with Gasteiger partial charge in [-0.2, -0.15) is 0 Å². The van der Waals surface area contributed by atoms with Crippen molar-refractivity contribution in [3.05, 3.63) is 41.6 Å². The van der Waals surface area contributed by atoms with Gasteiger partial charge in [0.2, 0.25) is 0 Å². The summed E-state index contributed by atoms with van der Waals surface area (Å²) in [7, 11) is -0.552. The van der Waals surface area contributed by atoms with E-state index in [1.807, 2.05) is 58.0 Å². The molecule has 0 spiro atoms. The SMILES string of the molecule is CC1(C)OB(C(=Cc2coc3ccccc23)CO)OC1(C)C. The van der Waals surface area contributed by atoms with Crippen LogP contribution < -0.4 is 0 Å². The molecule has 2 heterocycles. The molecule has 3 rings (SSSR count). The van der Waals surface area contributed by atoms with E-state index in [1.165, 1.54) is 0 Å². The third-order valence-electron chi connectivity index (χ3n) is 4.59. The zero-order valence-electron chi connectivity index (χ0n) is 13.4. The molecule has 0 saturated carbocycles. The van der Waals surface area contributed by atoms with Crippen LogP contribution in [0.5, 0.6) is 0 Å². The minimum atomic E-state index is -0.552. The molecule has 0 bridgehead atoms. The average Bonchev–Trinajstić information content (AvgIpc) is 2.95. The van der Waals surface area contributed by atoms with Crippen LogP contribution in [-0.4, -0.2) is 30.0 Å². The predicted octanol–water partition coefficient (Wildman–Crippen LogP) is 3.44. The molecule has 2 aromatic rings. The minimum Gasteiger partial charge on any atom is -0.464 e. The highest BCUT2D eigenvalue weighted by Gasteiger charge is 2.52. The van der Waals surface area contributed by atoms with E-state index in [1.54, 1.807) is 6.26 Å². The lowest BCUT2D eigenvalue weighted by Gasteiger charge is -2.32. The second-order valence-corrected chi connectivity index (χ2v) is 6.65. The van der Waals surface area contributed by atoms with Gasteiger partial charge in [0.05, 0.1) is 24.1 Å². The molecule has 5 heteroatoms. The first-order chi connectivity index (χ1) is 10.3. The van der Waals surface area contributed by atoms with Gasteiger partial charge < -0.3 is 18.8 Å². The van der Waals surface area contributed by atoms with Crippen molar-refractivity contribution in [2.24, 2.45) is 0 Å². The van der Waals surface area contributed by atoms with E-state index in [2.05, 4.69) is 0 Å². The Morgan fingerprint density at radius 1 is 1.14 bits per heavy atom. The molecule has 0 amide bonds. The van der Waals surface area contributed by atoms with Gasteiger partial charge >= 0.3 is 7.12 Å². The van der Waals surface area contributed by atoms with Crippen LogP contribution in [0.2, 0.25) is 0 Å². The van der Waals surface area contributed by atoms with E-state index in [9.17, 15) is 5.11 Å². The Balaban J connectivity index is 1.95. The molecule has 0 aliphatic carbocycles. The highest BCUT2D eigenvalue weighted by molar-refractivity contribution is 6.55. The molecule has 1 fully saturated rings. The van der Waals surface area contributed by atoms with Crippen LogP contribution in [0, 0.1) is 0 Å². The Morgan fingerprint density at radius 3 is 2.41 bits per heavy atom. The number of benzene rings is 1. The average molecular weight is 300 g/mol. The smallest absolute Gasteiger partial charge is 0.464 e. The van der Waals surface area contributed by atoms with Gasteiger partial charge in [0.15, 0.2) is 0 Å². The number of para-hydroxylation sites is 1. The molecule has 116 valence electrons. The molecule has 1 saturated heterocycles. The first-order valence-electron chi connectivity index (χ1n) is 7.47. The van der Waals surface area contributed by atoms with E-state index >= 15 is 0 Å². The molecule has 4 nitrogen and oxygen atoms in total. The highest BCUT2D eigenvalue weighted by atomic mass is 16.7. The molecule has 1 aliphatic heterocycles. The van der Waals surface area contributed by atoms with Crippen molar-refractivity contribution >= 4 is 24.2 Å². The molecule has 1 aromatic carbocycles. The Hall–Kier alpha value is -1.56. The number of fused-ring (bicyclic) bond motifs is 1. The lowest BCUT2D eigenvalue weighted by molar-refractivity contribution is 0.00578. The predicted molar refractivity (Wildman–Crippen MR) is 87.4 cm³/mol. The van der Waals surface area contributed by atoms with Gasteiger partial charge in [0, 0.05) is 10.9 Å². The molecule has 0 unspecified atom stereocenters. The highest BCUT2D eigenvalue weighted by Crippen LogP contribution is 2.39. The molecule has 0 radical (unpaired) electrons. The first kappa shape index (κ1) is 15.3. The summed E-state index contributed by atoms with van der Waals surface area (Å²) in [6.45, 7) is 7.85. The zero-order valence-corrected chi connectivity index (χ0v) is 13.4. The summed E-state index contributed by atoms with van der Waals surface area (Å²) in [6.07, 6.45) is 3.57. The minimum absolute atomic E-state index is 0.129. The molecule has 1 N–H and O–H groups in total. The first-order valence-corrected chi connectivity index (χ1v) is 7.47. The van der Waals surface area contributed by atoms with E-state index in [4.69, 9.17) is 13.7 Å². The van der Waals surface area contributed by atoms with E-state index in [0.29, 0.717) is 5.47 Å². The van der Waals surface area contributed by atoms with Crippen LogP contribution in [-0.2, 0) is 9.31 Å². The topological polar surface area (TPSA) is 51.8 Å². The van der Waals surface area contributed by atoms with Crippen LogP contribution in [0.25, 0.3) is 17.0 Å². The van der Waals surface area contributed by atoms with Crippen LogP contribution in [0.4, 0.5) is 0 Å². The normalized spacial score (nSPS) is 20.8. The van der Waals surface area contributed by atoms with Gasteiger partial charge in [-0.3, -0.25) is 0 Å². The van der Waals surface area contributed by atoms with Crippen molar-refractivity contribution < 1.29 is 18.8 Å². The molecule has 0 atom stereocenters. The van der Waals surface area contributed by atoms with Crippen molar-refractivity contribution in [2.75, 3.05) is 6.61 Å². The summed E-state index contributed by atoms with van der Waals surface area (Å²) in [5.74, 6) is 0. The summed E-state index contributed by atoms with van der Waals surface area (Å²) in [5, 5.41) is 10.7. The van der Waals surface area contributed by atoms with Crippen molar-refractivity contribution in [1.82, 2.24) is 0 Å². The van der Waals surface area contributed by atoms with Gasteiger partial charge in [-0.05, 0) is 39.2 Å². The van der Waals surface area contributed by atoms with E-state index in [0.717, 1.165) is 16.5 Å². The fraction of sp³-hybridized carbons (Fsp3) is 0.412. The van der Waals surface area contributed by atoms with E-state index in [-0.39, 0.29) is 6.61 Å². The maximum Gasteiger partial charge on any atom is 0.492 e. The molecule has 1 aromatic heterocycles. The van der Waals surface area contributed by atoms with Gasteiger partial charge in [-0.15, -0.1) is 0 Å². The maximum absolute atomic E-state index is 9.74. The number of furan rings is 1. The molecule has 22 heavy (non-hydrogen) atoms. The fourth-order valence-corrected chi connectivity index (χ4v) is 2.49. The number of hydrogen-bond donors (Lipinski definition) is 1. The summed E-state index contributed by atoms with van der Waals surface area (Å²) in [4.78, 5) is 0. The van der Waals surface area contributed by atoms with Gasteiger partial charge in [-0.1, -0.05) is 24.3 Å². The standard InChI is InChI=1S/C17H21BO4/c1-16(2)17(3,4)22-18(21-16)13(10-19)9-12-11-20-15-8-6-5-7-14(12)15/h5-9,11,19H,10H2,1-4H3. The maximum atomic E-state index is 9.74. The summed E-state index contributed by atoms with van der Waals surface area (Å²) >= 11 is 0. The third-order valence-corrected chi connectivity index (χ3v) is 4.59. The van der Waals surface area contributed by atoms with Gasteiger partial charge in [0.1, 0.15) is 5.58 Å². The summed E-state index contributed by atoms with van der Waals surface area (Å²) in [5.41, 5.74) is 1.56. The Morgan fingerprint density at radius 2 is 1.77 bits per heavy atom. The van der Waals surface area contributed by atoms with Crippen LogP contribution in [0.15, 0.2) is 40.4 Å². The lowest BCUT2D eigenvalue weighted by Crippen LogP contribution is -2.41.